The Morgan fingerprint density at radius 3 is 2.40 bits per heavy atom. The Bertz CT molecular complexity index is 459. The number of nitrogens with zero attached hydrogens (tertiary/aromatic N) is 3. The fourth-order valence-electron chi connectivity index (χ4n) is 2.03. The maximum absolute atomic E-state index is 13.8. The molecule has 20 heavy (non-hydrogen) atoms. The molecule has 1 aromatic heterocycles. The SMILES string of the molecule is CCSN1CCN(c2ncc(C(F)(F)F)cc2F)CC1. The average molecular weight is 309 g/mol. The Morgan fingerprint density at radius 1 is 1.25 bits per heavy atom. The summed E-state index contributed by atoms with van der Waals surface area (Å²) in [6, 6.07) is 0.509. The van der Waals surface area contributed by atoms with Crippen LogP contribution in [0.15, 0.2) is 12.3 Å². The predicted octanol–water partition coefficient (Wildman–Crippen LogP) is 3.03. The van der Waals surface area contributed by atoms with Gasteiger partial charge >= 0.3 is 6.18 Å². The fraction of sp³-hybridized carbons (Fsp3) is 0.583. The minimum atomic E-state index is -4.57. The van der Waals surface area contributed by atoms with Gasteiger partial charge in [-0.25, -0.2) is 13.7 Å². The molecular formula is C12H15F4N3S. The Kier molecular flexibility index (Phi) is 4.74. The van der Waals surface area contributed by atoms with Crippen LogP contribution in [0.1, 0.15) is 12.5 Å². The van der Waals surface area contributed by atoms with Gasteiger partial charge in [0.2, 0.25) is 0 Å². The molecule has 0 aromatic carbocycles. The topological polar surface area (TPSA) is 19.4 Å². The third-order valence-corrected chi connectivity index (χ3v) is 3.99. The molecule has 2 rings (SSSR count). The van der Waals surface area contributed by atoms with E-state index in [-0.39, 0.29) is 5.82 Å². The van der Waals surface area contributed by atoms with Crippen molar-refractivity contribution in [1.29, 1.82) is 0 Å². The van der Waals surface area contributed by atoms with Crippen molar-refractivity contribution in [3.63, 3.8) is 0 Å². The summed E-state index contributed by atoms with van der Waals surface area (Å²) in [6.45, 7) is 4.64. The molecule has 3 nitrogen and oxygen atoms in total. The average Bonchev–Trinajstić information content (AvgIpc) is 2.39. The van der Waals surface area contributed by atoms with E-state index >= 15 is 0 Å². The lowest BCUT2D eigenvalue weighted by Crippen LogP contribution is -2.44. The molecule has 0 atom stereocenters. The van der Waals surface area contributed by atoms with Crippen molar-refractivity contribution in [3.05, 3.63) is 23.6 Å². The maximum atomic E-state index is 13.8. The molecule has 0 spiro atoms. The van der Waals surface area contributed by atoms with E-state index in [4.69, 9.17) is 0 Å². The number of halogens is 4. The summed E-state index contributed by atoms with van der Waals surface area (Å²) < 4.78 is 53.3. The number of pyridine rings is 1. The van der Waals surface area contributed by atoms with Gasteiger partial charge in [-0.15, -0.1) is 0 Å². The molecule has 1 aliphatic heterocycles. The van der Waals surface area contributed by atoms with Gasteiger partial charge in [0, 0.05) is 38.1 Å². The van der Waals surface area contributed by atoms with E-state index in [9.17, 15) is 17.6 Å². The van der Waals surface area contributed by atoms with E-state index in [1.807, 2.05) is 6.92 Å². The Morgan fingerprint density at radius 2 is 1.90 bits per heavy atom. The second-order valence-electron chi connectivity index (χ2n) is 4.36. The van der Waals surface area contributed by atoms with E-state index in [2.05, 4.69) is 9.29 Å². The van der Waals surface area contributed by atoms with Crippen molar-refractivity contribution in [2.75, 3.05) is 36.8 Å². The lowest BCUT2D eigenvalue weighted by Gasteiger charge is -2.34. The highest BCUT2D eigenvalue weighted by atomic mass is 32.2. The van der Waals surface area contributed by atoms with Crippen molar-refractivity contribution in [2.24, 2.45) is 0 Å². The molecule has 2 heterocycles. The third-order valence-electron chi connectivity index (χ3n) is 3.00. The Hall–Kier alpha value is -1.02. The van der Waals surface area contributed by atoms with Crippen molar-refractivity contribution in [2.45, 2.75) is 13.1 Å². The molecule has 8 heteroatoms. The quantitative estimate of drug-likeness (QED) is 0.631. The van der Waals surface area contributed by atoms with Gasteiger partial charge in [-0.1, -0.05) is 18.9 Å². The molecule has 112 valence electrons. The fourth-order valence-corrected chi connectivity index (χ4v) is 2.82. The lowest BCUT2D eigenvalue weighted by molar-refractivity contribution is -0.138. The monoisotopic (exact) mass is 309 g/mol. The number of rotatable bonds is 3. The van der Waals surface area contributed by atoms with Crippen LogP contribution in [0.3, 0.4) is 0 Å². The highest BCUT2D eigenvalue weighted by Gasteiger charge is 2.32. The van der Waals surface area contributed by atoms with Crippen LogP contribution in [0, 0.1) is 5.82 Å². The van der Waals surface area contributed by atoms with Crippen molar-refractivity contribution < 1.29 is 17.6 Å². The maximum Gasteiger partial charge on any atom is 0.417 e. The normalized spacial score (nSPS) is 17.6. The predicted molar refractivity (Wildman–Crippen MR) is 71.1 cm³/mol. The zero-order valence-electron chi connectivity index (χ0n) is 11.0. The molecule has 0 amide bonds. The first-order valence-corrected chi connectivity index (χ1v) is 7.21. The van der Waals surface area contributed by atoms with E-state index in [0.717, 1.165) is 18.8 Å². The molecule has 1 aromatic rings. The smallest absolute Gasteiger partial charge is 0.352 e. The van der Waals surface area contributed by atoms with Crippen LogP contribution in [0.4, 0.5) is 23.4 Å². The van der Waals surface area contributed by atoms with Crippen molar-refractivity contribution in [1.82, 2.24) is 9.29 Å². The molecule has 1 fully saturated rings. The highest BCUT2D eigenvalue weighted by molar-refractivity contribution is 7.96. The van der Waals surface area contributed by atoms with E-state index in [0.29, 0.717) is 25.4 Å². The van der Waals surface area contributed by atoms with Crippen molar-refractivity contribution >= 4 is 17.8 Å². The Balaban J connectivity index is 2.07. The number of piperazine rings is 1. The molecule has 1 aliphatic rings. The van der Waals surface area contributed by atoms with Crippen LogP contribution >= 0.6 is 11.9 Å². The molecule has 0 unspecified atom stereocenters. The van der Waals surface area contributed by atoms with Gasteiger partial charge in [0.15, 0.2) is 11.6 Å². The summed E-state index contributed by atoms with van der Waals surface area (Å²) in [6.07, 6.45) is -3.88. The summed E-state index contributed by atoms with van der Waals surface area (Å²) in [4.78, 5) is 5.33. The van der Waals surface area contributed by atoms with E-state index in [1.54, 1.807) is 16.8 Å². The first kappa shape index (κ1) is 15.4. The van der Waals surface area contributed by atoms with Crippen LogP contribution in [0.25, 0.3) is 0 Å². The molecule has 0 aliphatic carbocycles. The largest absolute Gasteiger partial charge is 0.417 e. The van der Waals surface area contributed by atoms with Gasteiger partial charge in [0.25, 0.3) is 0 Å². The van der Waals surface area contributed by atoms with E-state index in [1.165, 1.54) is 0 Å². The summed E-state index contributed by atoms with van der Waals surface area (Å²) in [5.74, 6) is 0.0444. The van der Waals surface area contributed by atoms with Gasteiger partial charge in [0.05, 0.1) is 5.56 Å². The van der Waals surface area contributed by atoms with Gasteiger partial charge in [-0.3, -0.25) is 0 Å². The molecule has 0 saturated carbocycles. The molecule has 0 N–H and O–H groups in total. The van der Waals surface area contributed by atoms with Gasteiger partial charge in [-0.05, 0) is 6.07 Å². The molecular weight excluding hydrogens is 294 g/mol. The Labute approximate surface area is 119 Å². The minimum absolute atomic E-state index is 0.000788. The van der Waals surface area contributed by atoms with Gasteiger partial charge in [0.1, 0.15) is 0 Å². The zero-order chi connectivity index (χ0) is 14.8. The van der Waals surface area contributed by atoms with Gasteiger partial charge in [-0.2, -0.15) is 13.2 Å². The standard InChI is InChI=1S/C12H15F4N3S/c1-2-20-19-5-3-18(4-6-19)11-10(13)7-9(8-17-11)12(14,15)16/h7-8H,2-6H2,1H3. The molecule has 0 bridgehead atoms. The van der Waals surface area contributed by atoms with Crippen LogP contribution < -0.4 is 4.90 Å². The summed E-state index contributed by atoms with van der Waals surface area (Å²) in [7, 11) is 0. The number of hydrogen-bond donors (Lipinski definition) is 0. The van der Waals surface area contributed by atoms with Crippen LogP contribution in [-0.4, -0.2) is 41.2 Å². The number of hydrogen-bond acceptors (Lipinski definition) is 4. The number of anilines is 1. The lowest BCUT2D eigenvalue weighted by atomic mass is 10.2. The number of aromatic nitrogens is 1. The van der Waals surface area contributed by atoms with Crippen molar-refractivity contribution in [3.8, 4) is 0 Å². The zero-order valence-corrected chi connectivity index (χ0v) is 11.8. The van der Waals surface area contributed by atoms with Crippen LogP contribution in [-0.2, 0) is 6.18 Å². The molecule has 1 saturated heterocycles. The highest BCUT2D eigenvalue weighted by Crippen LogP contribution is 2.31. The summed E-state index contributed by atoms with van der Waals surface area (Å²) in [5.41, 5.74) is -1.06. The summed E-state index contributed by atoms with van der Waals surface area (Å²) >= 11 is 1.70. The minimum Gasteiger partial charge on any atom is -0.352 e. The molecule has 0 radical (unpaired) electrons. The number of alkyl halides is 3. The first-order valence-electron chi connectivity index (χ1n) is 6.27. The first-order chi connectivity index (χ1) is 9.41. The van der Waals surface area contributed by atoms with Gasteiger partial charge < -0.3 is 4.90 Å². The van der Waals surface area contributed by atoms with E-state index < -0.39 is 17.6 Å². The van der Waals surface area contributed by atoms with Crippen LogP contribution in [0.2, 0.25) is 0 Å². The summed E-state index contributed by atoms with van der Waals surface area (Å²) in [5, 5.41) is 0. The van der Waals surface area contributed by atoms with Crippen LogP contribution in [0.5, 0.6) is 0 Å². The second kappa shape index (κ2) is 6.17. The third kappa shape index (κ3) is 3.54. The second-order valence-corrected chi connectivity index (χ2v) is 5.71.